The van der Waals surface area contributed by atoms with Crippen LogP contribution in [0.4, 0.5) is 13.2 Å². The zero-order valence-electron chi connectivity index (χ0n) is 15.8. The summed E-state index contributed by atoms with van der Waals surface area (Å²) in [4.78, 5) is 1.02. The lowest BCUT2D eigenvalue weighted by Crippen LogP contribution is -2.11. The molecule has 12 heteroatoms. The van der Waals surface area contributed by atoms with Gasteiger partial charge in [0.05, 0.1) is 26.2 Å². The fraction of sp³-hybridized carbons (Fsp3) is 0.0500. The summed E-state index contributed by atoms with van der Waals surface area (Å²) in [6.45, 7) is 0. The van der Waals surface area contributed by atoms with Crippen LogP contribution in [0.5, 0.6) is 0 Å². The van der Waals surface area contributed by atoms with Crippen LogP contribution in [0.2, 0.25) is 10.0 Å². The van der Waals surface area contributed by atoms with E-state index in [0.717, 1.165) is 22.1 Å². The van der Waals surface area contributed by atoms with Crippen molar-refractivity contribution in [3.8, 4) is 26.7 Å². The van der Waals surface area contributed by atoms with Gasteiger partial charge in [-0.3, -0.25) is 0 Å². The fourth-order valence-corrected chi connectivity index (χ4v) is 4.91. The predicted molar refractivity (Wildman–Crippen MR) is 119 cm³/mol. The van der Waals surface area contributed by atoms with E-state index in [9.17, 15) is 21.6 Å². The lowest BCUT2D eigenvalue weighted by molar-refractivity contribution is -0.141. The van der Waals surface area contributed by atoms with Gasteiger partial charge in [-0.2, -0.15) is 18.3 Å². The van der Waals surface area contributed by atoms with Gasteiger partial charge in [0.1, 0.15) is 0 Å². The van der Waals surface area contributed by atoms with Gasteiger partial charge in [-0.15, -0.1) is 11.3 Å². The van der Waals surface area contributed by atoms with Gasteiger partial charge in [0.25, 0.3) is 0 Å². The molecule has 0 aliphatic carbocycles. The van der Waals surface area contributed by atoms with Crippen molar-refractivity contribution in [3.63, 3.8) is 0 Å². The summed E-state index contributed by atoms with van der Waals surface area (Å²) in [6.07, 6.45) is -4.67. The summed E-state index contributed by atoms with van der Waals surface area (Å²) >= 11 is 13.4. The first-order chi connectivity index (χ1) is 14.9. The molecule has 0 spiro atoms. The molecule has 0 unspecified atom stereocenters. The Bertz CT molecular complexity index is 1430. The largest absolute Gasteiger partial charge is 0.435 e. The number of thiophene rings is 1. The van der Waals surface area contributed by atoms with Gasteiger partial charge in [-0.1, -0.05) is 35.3 Å². The molecular formula is C20H12Cl2F3N3O2S2. The average molecular weight is 518 g/mol. The molecule has 2 N–H and O–H groups in total. The number of primary sulfonamides is 1. The number of rotatable bonds is 4. The monoisotopic (exact) mass is 517 g/mol. The van der Waals surface area contributed by atoms with E-state index < -0.39 is 21.9 Å². The van der Waals surface area contributed by atoms with Crippen LogP contribution in [0.25, 0.3) is 26.7 Å². The van der Waals surface area contributed by atoms with E-state index in [0.29, 0.717) is 15.3 Å². The molecule has 166 valence electrons. The fourth-order valence-electron chi connectivity index (χ4n) is 2.98. The molecule has 2 aromatic carbocycles. The summed E-state index contributed by atoms with van der Waals surface area (Å²) in [7, 11) is -3.90. The molecule has 32 heavy (non-hydrogen) atoms. The third-order valence-corrected chi connectivity index (χ3v) is 7.06. The van der Waals surface area contributed by atoms with E-state index in [-0.39, 0.29) is 26.3 Å². The normalized spacial score (nSPS) is 12.3. The van der Waals surface area contributed by atoms with Crippen LogP contribution in [0.1, 0.15) is 5.69 Å². The number of sulfonamides is 1. The molecule has 4 rings (SSSR count). The van der Waals surface area contributed by atoms with Crippen molar-refractivity contribution in [2.75, 3.05) is 0 Å². The number of nitrogens with two attached hydrogens (primary N) is 1. The van der Waals surface area contributed by atoms with E-state index in [1.807, 2.05) is 0 Å². The minimum atomic E-state index is -4.67. The number of aromatic nitrogens is 2. The molecule has 5 nitrogen and oxygen atoms in total. The molecule has 0 fully saturated rings. The molecule has 2 heterocycles. The van der Waals surface area contributed by atoms with Crippen molar-refractivity contribution in [2.24, 2.45) is 5.14 Å². The van der Waals surface area contributed by atoms with Crippen LogP contribution in [-0.2, 0) is 16.2 Å². The average Bonchev–Trinajstić information content (AvgIpc) is 3.36. The van der Waals surface area contributed by atoms with E-state index in [2.05, 4.69) is 5.10 Å². The van der Waals surface area contributed by atoms with Crippen molar-refractivity contribution in [1.29, 1.82) is 0 Å². The number of nitrogens with zero attached hydrogens (tertiary/aromatic N) is 2. The summed E-state index contributed by atoms with van der Waals surface area (Å²) < 4.78 is 64.6. The Hall–Kier alpha value is -2.37. The summed E-state index contributed by atoms with van der Waals surface area (Å²) in [6, 6.07) is 14.6. The number of halogens is 5. The topological polar surface area (TPSA) is 78.0 Å². The highest BCUT2D eigenvalue weighted by atomic mass is 35.5. The second kappa shape index (κ2) is 8.20. The molecule has 0 aliphatic heterocycles. The van der Waals surface area contributed by atoms with E-state index >= 15 is 0 Å². The third-order valence-electron chi connectivity index (χ3n) is 4.44. The molecule has 4 aromatic rings. The standard InChI is InChI=1S/C20H12Cl2F3N3O2S2/c21-12-4-5-14(22)15(9-12)28-16(10-19(27-28)20(23,24)25)18-7-6-17(31-18)11-2-1-3-13(8-11)32(26,29)30/h1-10H,(H2,26,29,30). The molecule has 0 saturated heterocycles. The molecule has 0 radical (unpaired) electrons. The van der Waals surface area contributed by atoms with Gasteiger partial charge in [0, 0.05) is 9.90 Å². The highest BCUT2D eigenvalue weighted by molar-refractivity contribution is 7.89. The SMILES string of the molecule is NS(=O)(=O)c1cccc(-c2ccc(-c3cc(C(F)(F)F)nn3-c3cc(Cl)ccc3Cl)s2)c1. The summed E-state index contributed by atoms with van der Waals surface area (Å²) in [5.74, 6) is 0. The Morgan fingerprint density at radius 1 is 0.969 bits per heavy atom. The van der Waals surface area contributed by atoms with Crippen molar-refractivity contribution < 1.29 is 21.6 Å². The van der Waals surface area contributed by atoms with E-state index in [1.54, 1.807) is 18.2 Å². The maximum atomic E-state index is 13.4. The zero-order chi connectivity index (χ0) is 23.3. The van der Waals surface area contributed by atoms with Crippen molar-refractivity contribution in [1.82, 2.24) is 9.78 Å². The maximum absolute atomic E-state index is 13.4. The van der Waals surface area contributed by atoms with Crippen LogP contribution < -0.4 is 5.14 Å². The van der Waals surface area contributed by atoms with Crippen LogP contribution >= 0.6 is 34.5 Å². The molecule has 0 aliphatic rings. The Labute approximate surface area is 194 Å². The first kappa shape index (κ1) is 22.8. The molecular weight excluding hydrogens is 506 g/mol. The molecule has 0 bridgehead atoms. The molecule has 0 atom stereocenters. The van der Waals surface area contributed by atoms with Gasteiger partial charge < -0.3 is 0 Å². The highest BCUT2D eigenvalue weighted by Crippen LogP contribution is 2.40. The predicted octanol–water partition coefficient (Wildman–Crippen LogP) is 6.24. The van der Waals surface area contributed by atoms with Crippen LogP contribution in [0.15, 0.2) is 65.6 Å². The van der Waals surface area contributed by atoms with Gasteiger partial charge in [0.15, 0.2) is 5.69 Å². The third kappa shape index (κ3) is 4.55. The quantitative estimate of drug-likeness (QED) is 0.348. The van der Waals surface area contributed by atoms with Crippen LogP contribution in [-0.4, -0.2) is 18.2 Å². The van der Waals surface area contributed by atoms with Gasteiger partial charge in [-0.25, -0.2) is 18.2 Å². The molecule has 2 aromatic heterocycles. The Morgan fingerprint density at radius 2 is 1.69 bits per heavy atom. The first-order valence-electron chi connectivity index (χ1n) is 8.79. The second-order valence-corrected chi connectivity index (χ2v) is 10.1. The smallest absolute Gasteiger partial charge is 0.230 e. The summed E-state index contributed by atoms with van der Waals surface area (Å²) in [5.41, 5.74) is -0.193. The van der Waals surface area contributed by atoms with E-state index in [4.69, 9.17) is 28.3 Å². The van der Waals surface area contributed by atoms with Gasteiger partial charge in [0.2, 0.25) is 10.0 Å². The zero-order valence-corrected chi connectivity index (χ0v) is 18.9. The Morgan fingerprint density at radius 3 is 2.38 bits per heavy atom. The summed E-state index contributed by atoms with van der Waals surface area (Å²) in [5, 5.41) is 9.36. The molecule has 0 saturated carbocycles. The number of hydrogen-bond donors (Lipinski definition) is 1. The lowest BCUT2D eigenvalue weighted by atomic mass is 10.2. The van der Waals surface area contributed by atoms with E-state index in [1.165, 1.54) is 36.4 Å². The van der Waals surface area contributed by atoms with Crippen molar-refractivity contribution in [2.45, 2.75) is 11.1 Å². The first-order valence-corrected chi connectivity index (χ1v) is 11.9. The highest BCUT2D eigenvalue weighted by Gasteiger charge is 2.35. The molecule has 0 amide bonds. The van der Waals surface area contributed by atoms with Crippen molar-refractivity contribution >= 4 is 44.6 Å². The Balaban J connectivity index is 1.86. The van der Waals surface area contributed by atoms with Gasteiger partial charge in [-0.05, 0) is 54.1 Å². The van der Waals surface area contributed by atoms with Crippen LogP contribution in [0.3, 0.4) is 0 Å². The second-order valence-electron chi connectivity index (χ2n) is 6.66. The number of hydrogen-bond acceptors (Lipinski definition) is 4. The minimum absolute atomic E-state index is 0.0694. The maximum Gasteiger partial charge on any atom is 0.435 e. The number of benzene rings is 2. The minimum Gasteiger partial charge on any atom is -0.230 e. The van der Waals surface area contributed by atoms with Crippen molar-refractivity contribution in [3.05, 3.63) is 76.4 Å². The Kier molecular flexibility index (Phi) is 5.84. The number of alkyl halides is 3. The van der Waals surface area contributed by atoms with Crippen LogP contribution in [0, 0.1) is 0 Å². The lowest BCUT2D eigenvalue weighted by Gasteiger charge is -2.09. The van der Waals surface area contributed by atoms with Gasteiger partial charge >= 0.3 is 6.18 Å².